The van der Waals surface area contributed by atoms with Gasteiger partial charge in [0.2, 0.25) is 0 Å². The fraction of sp³-hybridized carbons (Fsp3) is 0.500. The molecule has 1 unspecified atom stereocenters. The summed E-state index contributed by atoms with van der Waals surface area (Å²) in [5.41, 5.74) is 1.12. The molecule has 1 fully saturated rings. The summed E-state index contributed by atoms with van der Waals surface area (Å²) in [7, 11) is 2.12. The van der Waals surface area contributed by atoms with Crippen LogP contribution < -0.4 is 0 Å². The molecule has 2 heteroatoms. The van der Waals surface area contributed by atoms with Gasteiger partial charge in [-0.1, -0.05) is 18.6 Å². The zero-order chi connectivity index (χ0) is 9.97. The lowest BCUT2D eigenvalue weighted by molar-refractivity contribution is 0.187. The first-order valence-electron chi connectivity index (χ1n) is 5.23. The van der Waals surface area contributed by atoms with E-state index in [-0.39, 0.29) is 5.82 Å². The molecule has 1 aliphatic heterocycles. The van der Waals surface area contributed by atoms with Gasteiger partial charge in [-0.2, -0.15) is 0 Å². The molecule has 1 heterocycles. The van der Waals surface area contributed by atoms with E-state index < -0.39 is 0 Å². The number of likely N-dealkylation sites (tertiary alicyclic amines) is 1. The van der Waals surface area contributed by atoms with Gasteiger partial charge in [0.1, 0.15) is 5.82 Å². The molecule has 0 N–H and O–H groups in total. The highest BCUT2D eigenvalue weighted by atomic mass is 19.1. The third kappa shape index (κ3) is 1.95. The Morgan fingerprint density at radius 1 is 1.36 bits per heavy atom. The Hall–Kier alpha value is -0.890. The largest absolute Gasteiger partial charge is 0.299 e. The van der Waals surface area contributed by atoms with Gasteiger partial charge in [-0.25, -0.2) is 4.39 Å². The molecule has 0 amide bonds. The van der Waals surface area contributed by atoms with Crippen molar-refractivity contribution in [2.24, 2.45) is 0 Å². The highest BCUT2D eigenvalue weighted by Gasteiger charge is 2.20. The van der Waals surface area contributed by atoms with E-state index in [1.54, 1.807) is 12.1 Å². The molecule has 1 aliphatic rings. The smallest absolute Gasteiger partial charge is 0.123 e. The molecule has 1 aromatic rings. The number of halogens is 1. The van der Waals surface area contributed by atoms with Crippen molar-refractivity contribution in [3.8, 4) is 0 Å². The van der Waals surface area contributed by atoms with Gasteiger partial charge in [-0.15, -0.1) is 0 Å². The SMILES string of the molecule is CN1CCCCC1c1cccc(F)c1. The average Bonchev–Trinajstić information content (AvgIpc) is 2.18. The lowest BCUT2D eigenvalue weighted by Crippen LogP contribution is -2.29. The minimum atomic E-state index is -0.124. The van der Waals surface area contributed by atoms with Crippen LogP contribution in [0.5, 0.6) is 0 Å². The van der Waals surface area contributed by atoms with Gasteiger partial charge in [-0.3, -0.25) is 4.90 Å². The average molecular weight is 193 g/mol. The summed E-state index contributed by atoms with van der Waals surface area (Å²) in [6.45, 7) is 1.13. The van der Waals surface area contributed by atoms with E-state index >= 15 is 0 Å². The second kappa shape index (κ2) is 4.09. The molecule has 0 saturated carbocycles. The monoisotopic (exact) mass is 193 g/mol. The topological polar surface area (TPSA) is 3.24 Å². The van der Waals surface area contributed by atoms with Gasteiger partial charge >= 0.3 is 0 Å². The van der Waals surface area contributed by atoms with Crippen molar-refractivity contribution in [1.82, 2.24) is 4.90 Å². The Labute approximate surface area is 84.5 Å². The van der Waals surface area contributed by atoms with Crippen LogP contribution in [0.1, 0.15) is 30.9 Å². The molecule has 0 bridgehead atoms. The van der Waals surface area contributed by atoms with Crippen molar-refractivity contribution < 1.29 is 4.39 Å². The van der Waals surface area contributed by atoms with Gasteiger partial charge in [0.25, 0.3) is 0 Å². The van der Waals surface area contributed by atoms with Crippen LogP contribution in [0.4, 0.5) is 4.39 Å². The van der Waals surface area contributed by atoms with Gasteiger partial charge < -0.3 is 0 Å². The van der Waals surface area contributed by atoms with Crippen LogP contribution in [0.2, 0.25) is 0 Å². The predicted octanol–water partition coefficient (Wildman–Crippen LogP) is 2.98. The predicted molar refractivity (Wildman–Crippen MR) is 55.6 cm³/mol. The molecule has 1 saturated heterocycles. The summed E-state index contributed by atoms with van der Waals surface area (Å²) in [5.74, 6) is -0.124. The van der Waals surface area contributed by atoms with Gasteiger partial charge in [0, 0.05) is 6.04 Å². The zero-order valence-corrected chi connectivity index (χ0v) is 8.54. The lowest BCUT2D eigenvalue weighted by atomic mass is 9.96. The first-order valence-corrected chi connectivity index (χ1v) is 5.23. The second-order valence-electron chi connectivity index (χ2n) is 4.05. The van der Waals surface area contributed by atoms with Gasteiger partial charge in [0.15, 0.2) is 0 Å². The Bertz CT molecular complexity index is 311. The molecule has 0 aliphatic carbocycles. The third-order valence-corrected chi connectivity index (χ3v) is 3.00. The minimum Gasteiger partial charge on any atom is -0.299 e. The zero-order valence-electron chi connectivity index (χ0n) is 8.54. The molecule has 0 aromatic heterocycles. The van der Waals surface area contributed by atoms with E-state index in [4.69, 9.17) is 0 Å². The first kappa shape index (κ1) is 9.66. The van der Waals surface area contributed by atoms with E-state index in [2.05, 4.69) is 11.9 Å². The van der Waals surface area contributed by atoms with E-state index in [0.717, 1.165) is 18.5 Å². The summed E-state index contributed by atoms with van der Waals surface area (Å²) in [4.78, 5) is 2.32. The van der Waals surface area contributed by atoms with Crippen LogP contribution >= 0.6 is 0 Å². The normalized spacial score (nSPS) is 23.7. The maximum absolute atomic E-state index is 13.0. The van der Waals surface area contributed by atoms with Crippen LogP contribution in [-0.4, -0.2) is 18.5 Å². The standard InChI is InChI=1S/C12H16FN/c1-14-8-3-2-7-12(14)10-5-4-6-11(13)9-10/h4-6,9,12H,2-3,7-8H2,1H3. The summed E-state index contributed by atoms with van der Waals surface area (Å²) < 4.78 is 13.0. The Balaban J connectivity index is 2.20. The minimum absolute atomic E-state index is 0.124. The number of piperidine rings is 1. The first-order chi connectivity index (χ1) is 6.77. The fourth-order valence-electron chi connectivity index (χ4n) is 2.21. The number of hydrogen-bond acceptors (Lipinski definition) is 1. The molecule has 1 atom stereocenters. The molecule has 0 radical (unpaired) electrons. The van der Waals surface area contributed by atoms with Crippen LogP contribution in [-0.2, 0) is 0 Å². The molecular weight excluding hydrogens is 177 g/mol. The van der Waals surface area contributed by atoms with Crippen molar-refractivity contribution in [2.75, 3.05) is 13.6 Å². The number of rotatable bonds is 1. The molecule has 76 valence electrons. The van der Waals surface area contributed by atoms with Crippen molar-refractivity contribution in [3.05, 3.63) is 35.6 Å². The van der Waals surface area contributed by atoms with Crippen LogP contribution in [0.25, 0.3) is 0 Å². The highest BCUT2D eigenvalue weighted by Crippen LogP contribution is 2.29. The lowest BCUT2D eigenvalue weighted by Gasteiger charge is -2.32. The van der Waals surface area contributed by atoms with Crippen molar-refractivity contribution in [3.63, 3.8) is 0 Å². The van der Waals surface area contributed by atoms with E-state index in [1.807, 2.05) is 6.07 Å². The van der Waals surface area contributed by atoms with Crippen molar-refractivity contribution >= 4 is 0 Å². The second-order valence-corrected chi connectivity index (χ2v) is 4.05. The Morgan fingerprint density at radius 2 is 2.21 bits per heavy atom. The summed E-state index contributed by atoms with van der Waals surface area (Å²) in [6, 6.07) is 7.40. The number of hydrogen-bond donors (Lipinski definition) is 0. The molecule has 1 aromatic carbocycles. The van der Waals surface area contributed by atoms with Gasteiger partial charge in [0.05, 0.1) is 0 Å². The Kier molecular flexibility index (Phi) is 2.82. The molecule has 14 heavy (non-hydrogen) atoms. The third-order valence-electron chi connectivity index (χ3n) is 3.00. The van der Waals surface area contributed by atoms with Crippen molar-refractivity contribution in [1.29, 1.82) is 0 Å². The summed E-state index contributed by atoms with van der Waals surface area (Å²) in [6.07, 6.45) is 3.67. The summed E-state index contributed by atoms with van der Waals surface area (Å²) >= 11 is 0. The molecule has 0 spiro atoms. The fourth-order valence-corrected chi connectivity index (χ4v) is 2.21. The number of nitrogens with zero attached hydrogens (tertiary/aromatic N) is 1. The number of benzene rings is 1. The highest BCUT2D eigenvalue weighted by molar-refractivity contribution is 5.20. The maximum atomic E-state index is 13.0. The maximum Gasteiger partial charge on any atom is 0.123 e. The quantitative estimate of drug-likeness (QED) is 0.662. The van der Waals surface area contributed by atoms with E-state index in [1.165, 1.54) is 18.9 Å². The van der Waals surface area contributed by atoms with E-state index in [0.29, 0.717) is 6.04 Å². The van der Waals surface area contributed by atoms with Gasteiger partial charge in [-0.05, 0) is 44.1 Å². The summed E-state index contributed by atoms with van der Waals surface area (Å²) in [5, 5.41) is 0. The van der Waals surface area contributed by atoms with Crippen LogP contribution in [0.15, 0.2) is 24.3 Å². The van der Waals surface area contributed by atoms with E-state index in [9.17, 15) is 4.39 Å². The van der Waals surface area contributed by atoms with Crippen molar-refractivity contribution in [2.45, 2.75) is 25.3 Å². The van der Waals surface area contributed by atoms with Crippen LogP contribution in [0.3, 0.4) is 0 Å². The Morgan fingerprint density at radius 3 is 2.93 bits per heavy atom. The molecule has 1 nitrogen and oxygen atoms in total. The molecular formula is C12H16FN. The van der Waals surface area contributed by atoms with Crippen LogP contribution in [0, 0.1) is 5.82 Å². The molecule has 2 rings (SSSR count).